The molecule has 96 valence electrons. The first-order valence-corrected chi connectivity index (χ1v) is 6.05. The number of halogens is 2. The average molecular weight is 281 g/mol. The zero-order chi connectivity index (χ0) is 12.0. The van der Waals surface area contributed by atoms with Crippen LogP contribution in [0, 0.1) is 5.82 Å². The van der Waals surface area contributed by atoms with E-state index in [0.717, 1.165) is 0 Å². The van der Waals surface area contributed by atoms with Gasteiger partial charge in [0.05, 0.1) is 10.8 Å². The molecule has 0 aliphatic rings. The van der Waals surface area contributed by atoms with E-state index in [0.29, 0.717) is 23.5 Å². The number of oxime groups is 1. The summed E-state index contributed by atoms with van der Waals surface area (Å²) in [5, 5.41) is 11.1. The minimum absolute atomic E-state index is 0. The first kappa shape index (κ1) is 15.9. The number of benzene rings is 1. The second kappa shape index (κ2) is 8.03. The molecule has 0 heterocycles. The maximum absolute atomic E-state index is 12.6. The summed E-state index contributed by atoms with van der Waals surface area (Å²) in [6, 6.07) is 5.54. The maximum Gasteiger partial charge on any atom is 0.139 e. The summed E-state index contributed by atoms with van der Waals surface area (Å²) in [4.78, 5) is 0.584. The lowest BCUT2D eigenvalue weighted by Gasteiger charge is -2.01. The fraction of sp³-hybridized carbons (Fsp3) is 0.300. The van der Waals surface area contributed by atoms with E-state index in [-0.39, 0.29) is 24.1 Å². The first-order chi connectivity index (χ1) is 7.63. The van der Waals surface area contributed by atoms with E-state index >= 15 is 0 Å². The summed E-state index contributed by atoms with van der Waals surface area (Å²) in [6.07, 6.45) is 0.948. The molecule has 0 saturated carbocycles. The quantitative estimate of drug-likeness (QED) is 0.374. The molecule has 1 aromatic carbocycles. The van der Waals surface area contributed by atoms with E-state index in [1.807, 2.05) is 0 Å². The lowest BCUT2D eigenvalue weighted by molar-refractivity contribution is 0.317. The van der Waals surface area contributed by atoms with Gasteiger partial charge in [-0.1, -0.05) is 5.16 Å². The van der Waals surface area contributed by atoms with Crippen molar-refractivity contribution in [2.45, 2.75) is 17.7 Å². The number of hydrogen-bond acceptors (Lipinski definition) is 3. The van der Waals surface area contributed by atoms with Gasteiger partial charge in [-0.2, -0.15) is 0 Å². The third-order valence-corrected chi connectivity index (χ3v) is 3.43. The molecule has 0 aromatic heterocycles. The van der Waals surface area contributed by atoms with Crippen LogP contribution < -0.4 is 5.73 Å². The lowest BCUT2D eigenvalue weighted by atomic mass is 10.3. The summed E-state index contributed by atoms with van der Waals surface area (Å²) < 4.78 is 24.3. The number of hydrogen-bond donors (Lipinski definition) is 2. The molecule has 0 spiro atoms. The first-order valence-electron chi connectivity index (χ1n) is 4.74. The van der Waals surface area contributed by atoms with Crippen LogP contribution in [0.15, 0.2) is 34.3 Å². The van der Waals surface area contributed by atoms with Crippen molar-refractivity contribution in [1.82, 2.24) is 0 Å². The summed E-state index contributed by atoms with van der Waals surface area (Å²) in [5.41, 5.74) is 5.27. The smallest absolute Gasteiger partial charge is 0.139 e. The summed E-state index contributed by atoms with van der Waals surface area (Å²) >= 11 is 0. The van der Waals surface area contributed by atoms with Gasteiger partial charge in [0.25, 0.3) is 0 Å². The Hall–Kier alpha value is -1.14. The Morgan fingerprint density at radius 2 is 2.00 bits per heavy atom. The van der Waals surface area contributed by atoms with Crippen molar-refractivity contribution < 1.29 is 13.8 Å². The Balaban J connectivity index is 0.00000256. The van der Waals surface area contributed by atoms with Gasteiger partial charge in [-0.15, -0.1) is 12.4 Å². The van der Waals surface area contributed by atoms with E-state index in [9.17, 15) is 8.60 Å². The van der Waals surface area contributed by atoms with Crippen LogP contribution in [0.1, 0.15) is 12.8 Å². The van der Waals surface area contributed by atoms with Crippen LogP contribution in [0.3, 0.4) is 0 Å². The van der Waals surface area contributed by atoms with Crippen LogP contribution in [-0.2, 0) is 10.8 Å². The molecule has 0 aliphatic heterocycles. The molecular formula is C10H14ClFN2O2S. The number of amidine groups is 1. The van der Waals surface area contributed by atoms with Crippen LogP contribution in [0.4, 0.5) is 4.39 Å². The third-order valence-electron chi connectivity index (χ3n) is 1.97. The molecule has 1 unspecified atom stereocenters. The Bertz CT molecular complexity index is 398. The summed E-state index contributed by atoms with van der Waals surface area (Å²) in [5.74, 6) is 0.176. The molecule has 0 amide bonds. The van der Waals surface area contributed by atoms with Gasteiger partial charge in [0.15, 0.2) is 0 Å². The SMILES string of the molecule is Cl.NC(CCCS(=O)c1ccc(F)cc1)=NO. The minimum Gasteiger partial charge on any atom is -0.409 e. The fourth-order valence-corrected chi connectivity index (χ4v) is 2.22. The van der Waals surface area contributed by atoms with Crippen molar-refractivity contribution >= 4 is 29.0 Å². The Kier molecular flexibility index (Phi) is 7.49. The molecule has 1 aromatic rings. The molecular weight excluding hydrogens is 267 g/mol. The zero-order valence-electron chi connectivity index (χ0n) is 9.01. The Labute approximate surface area is 108 Å². The molecule has 0 saturated heterocycles. The molecule has 1 atom stereocenters. The van der Waals surface area contributed by atoms with Gasteiger partial charge in [-0.3, -0.25) is 4.21 Å². The van der Waals surface area contributed by atoms with Crippen molar-refractivity contribution in [2.75, 3.05) is 5.75 Å². The van der Waals surface area contributed by atoms with Crippen molar-refractivity contribution in [3.63, 3.8) is 0 Å². The van der Waals surface area contributed by atoms with Gasteiger partial charge >= 0.3 is 0 Å². The van der Waals surface area contributed by atoms with E-state index in [1.165, 1.54) is 24.3 Å². The van der Waals surface area contributed by atoms with Gasteiger partial charge in [0, 0.05) is 17.1 Å². The van der Waals surface area contributed by atoms with Gasteiger partial charge in [-0.05, 0) is 30.7 Å². The third kappa shape index (κ3) is 5.65. The van der Waals surface area contributed by atoms with Gasteiger partial charge in [0.2, 0.25) is 0 Å². The van der Waals surface area contributed by atoms with E-state index < -0.39 is 10.8 Å². The second-order valence-corrected chi connectivity index (χ2v) is 4.77. The van der Waals surface area contributed by atoms with E-state index in [1.54, 1.807) is 0 Å². The zero-order valence-corrected chi connectivity index (χ0v) is 10.6. The van der Waals surface area contributed by atoms with Crippen LogP contribution in [0.5, 0.6) is 0 Å². The average Bonchev–Trinajstić information content (AvgIpc) is 2.29. The Morgan fingerprint density at radius 1 is 1.41 bits per heavy atom. The van der Waals surface area contributed by atoms with Crippen molar-refractivity contribution in [2.24, 2.45) is 10.9 Å². The summed E-state index contributed by atoms with van der Waals surface area (Å²) in [7, 11) is -1.17. The predicted molar refractivity (Wildman–Crippen MR) is 67.6 cm³/mol. The normalized spacial score (nSPS) is 12.9. The fourth-order valence-electron chi connectivity index (χ4n) is 1.14. The second-order valence-electron chi connectivity index (χ2n) is 3.20. The van der Waals surface area contributed by atoms with Crippen LogP contribution in [0.2, 0.25) is 0 Å². The highest BCUT2D eigenvalue weighted by Gasteiger charge is 2.04. The molecule has 0 aliphatic carbocycles. The van der Waals surface area contributed by atoms with Crippen molar-refractivity contribution in [3.05, 3.63) is 30.1 Å². The van der Waals surface area contributed by atoms with Crippen molar-refractivity contribution in [1.29, 1.82) is 0 Å². The molecule has 3 N–H and O–H groups in total. The molecule has 7 heteroatoms. The predicted octanol–water partition coefficient (Wildman–Crippen LogP) is 1.88. The van der Waals surface area contributed by atoms with Gasteiger partial charge in [0.1, 0.15) is 11.7 Å². The summed E-state index contributed by atoms with van der Waals surface area (Å²) in [6.45, 7) is 0. The lowest BCUT2D eigenvalue weighted by Crippen LogP contribution is -2.12. The highest BCUT2D eigenvalue weighted by molar-refractivity contribution is 7.85. The molecule has 17 heavy (non-hydrogen) atoms. The van der Waals surface area contributed by atoms with Gasteiger partial charge < -0.3 is 10.9 Å². The van der Waals surface area contributed by atoms with E-state index in [2.05, 4.69) is 5.16 Å². The highest BCUT2D eigenvalue weighted by Crippen LogP contribution is 2.09. The highest BCUT2D eigenvalue weighted by atomic mass is 35.5. The largest absolute Gasteiger partial charge is 0.409 e. The molecule has 0 bridgehead atoms. The standard InChI is InChI=1S/C10H13FN2O2S.ClH/c11-8-3-5-9(6-4-8)16(15)7-1-2-10(12)13-14;/h3-6,14H,1-2,7H2,(H2,12,13);1H. The number of rotatable bonds is 5. The minimum atomic E-state index is -1.17. The number of nitrogens with two attached hydrogens (primary N) is 1. The van der Waals surface area contributed by atoms with Crippen molar-refractivity contribution in [3.8, 4) is 0 Å². The molecule has 4 nitrogen and oxygen atoms in total. The van der Waals surface area contributed by atoms with Gasteiger partial charge in [-0.25, -0.2) is 4.39 Å². The Morgan fingerprint density at radius 3 is 2.53 bits per heavy atom. The monoisotopic (exact) mass is 280 g/mol. The maximum atomic E-state index is 12.6. The van der Waals surface area contributed by atoms with Crippen LogP contribution >= 0.6 is 12.4 Å². The van der Waals surface area contributed by atoms with Crippen LogP contribution in [0.25, 0.3) is 0 Å². The molecule has 0 fully saturated rings. The molecule has 0 radical (unpaired) electrons. The van der Waals surface area contributed by atoms with Crippen LogP contribution in [-0.4, -0.2) is 21.0 Å². The number of nitrogens with zero attached hydrogens (tertiary/aromatic N) is 1. The topological polar surface area (TPSA) is 75.7 Å². The molecule has 1 rings (SSSR count). The van der Waals surface area contributed by atoms with E-state index in [4.69, 9.17) is 10.9 Å².